The Hall–Kier alpha value is -1.40. The topological polar surface area (TPSA) is 69.6 Å². The normalized spacial score (nSPS) is 10.1. The van der Waals surface area contributed by atoms with Crippen LogP contribution in [0.15, 0.2) is 18.2 Å². The molecule has 2 amide bonds. The lowest BCUT2D eigenvalue weighted by Gasteiger charge is -2.18. The Kier molecular flexibility index (Phi) is 5.98. The van der Waals surface area contributed by atoms with Gasteiger partial charge >= 0.3 is 12.0 Å². The number of amides is 2. The second-order valence-corrected chi connectivity index (χ2v) is 5.24. The van der Waals surface area contributed by atoms with E-state index < -0.39 is 5.97 Å². The van der Waals surface area contributed by atoms with Gasteiger partial charge in [-0.1, -0.05) is 11.6 Å². The van der Waals surface area contributed by atoms with Crippen LogP contribution in [0.5, 0.6) is 0 Å². The van der Waals surface area contributed by atoms with Crippen LogP contribution in [-0.2, 0) is 0 Å². The van der Waals surface area contributed by atoms with Crippen LogP contribution in [0.25, 0.3) is 0 Å². The maximum absolute atomic E-state index is 11.8. The van der Waals surface area contributed by atoms with E-state index in [-0.39, 0.29) is 16.6 Å². The summed E-state index contributed by atoms with van der Waals surface area (Å²) in [4.78, 5) is 24.1. The fourth-order valence-corrected chi connectivity index (χ4v) is 1.97. The van der Waals surface area contributed by atoms with Gasteiger partial charge in [0, 0.05) is 19.3 Å². The number of rotatable bonds is 5. The number of thioether (sulfide) groups is 1. The lowest BCUT2D eigenvalue weighted by Crippen LogP contribution is -2.33. The first kappa shape index (κ1) is 15.7. The van der Waals surface area contributed by atoms with Crippen molar-refractivity contribution in [3.63, 3.8) is 0 Å². The summed E-state index contributed by atoms with van der Waals surface area (Å²) in [5.74, 6) is -0.216. The van der Waals surface area contributed by atoms with Crippen molar-refractivity contribution in [2.45, 2.75) is 0 Å². The maximum Gasteiger partial charge on any atom is 0.335 e. The van der Waals surface area contributed by atoms with Crippen molar-refractivity contribution in [1.29, 1.82) is 0 Å². The number of carboxylic acids is 1. The summed E-state index contributed by atoms with van der Waals surface area (Å²) in [6.45, 7) is 0.623. The van der Waals surface area contributed by atoms with Gasteiger partial charge in [0.15, 0.2) is 0 Å². The van der Waals surface area contributed by atoms with E-state index in [0.29, 0.717) is 12.2 Å². The smallest absolute Gasteiger partial charge is 0.335 e. The van der Waals surface area contributed by atoms with E-state index in [1.165, 1.54) is 23.1 Å². The lowest BCUT2D eigenvalue weighted by molar-refractivity contribution is 0.0697. The van der Waals surface area contributed by atoms with Gasteiger partial charge in [-0.05, 0) is 24.5 Å². The van der Waals surface area contributed by atoms with Crippen molar-refractivity contribution >= 4 is 41.1 Å². The Morgan fingerprint density at radius 3 is 2.68 bits per heavy atom. The molecule has 0 aromatic heterocycles. The van der Waals surface area contributed by atoms with Gasteiger partial charge in [0.2, 0.25) is 0 Å². The fraction of sp³-hybridized carbons (Fsp3) is 0.333. The molecule has 0 bridgehead atoms. The van der Waals surface area contributed by atoms with Crippen LogP contribution in [0.2, 0.25) is 5.02 Å². The SMILES string of the molecule is CSCCN(C)C(=O)Nc1ccc(C(=O)O)cc1Cl. The van der Waals surface area contributed by atoms with Gasteiger partial charge < -0.3 is 15.3 Å². The minimum atomic E-state index is -1.06. The average Bonchev–Trinajstić information content (AvgIpc) is 2.37. The number of halogens is 1. The van der Waals surface area contributed by atoms with E-state index in [1.807, 2.05) is 6.26 Å². The molecule has 0 aliphatic rings. The number of benzene rings is 1. The van der Waals surface area contributed by atoms with E-state index in [1.54, 1.807) is 18.8 Å². The summed E-state index contributed by atoms with van der Waals surface area (Å²) in [6, 6.07) is 3.90. The first-order valence-corrected chi connectivity index (χ1v) is 7.26. The first-order valence-electron chi connectivity index (χ1n) is 5.49. The summed E-state index contributed by atoms with van der Waals surface area (Å²) in [5, 5.41) is 11.6. The van der Waals surface area contributed by atoms with Crippen molar-refractivity contribution in [3.05, 3.63) is 28.8 Å². The van der Waals surface area contributed by atoms with Crippen LogP contribution < -0.4 is 5.32 Å². The van der Waals surface area contributed by atoms with Gasteiger partial charge in [-0.3, -0.25) is 0 Å². The molecule has 0 saturated heterocycles. The quantitative estimate of drug-likeness (QED) is 0.877. The number of hydrogen-bond acceptors (Lipinski definition) is 3. The molecular weight excluding hydrogens is 288 g/mol. The second kappa shape index (κ2) is 7.25. The zero-order chi connectivity index (χ0) is 14.4. The Morgan fingerprint density at radius 2 is 2.16 bits per heavy atom. The minimum absolute atomic E-state index is 0.0822. The van der Waals surface area contributed by atoms with Crippen molar-refractivity contribution in [2.75, 3.05) is 30.9 Å². The van der Waals surface area contributed by atoms with Crippen LogP contribution in [-0.4, -0.2) is 47.6 Å². The number of carboxylic acid groups (broad SMARTS) is 1. The van der Waals surface area contributed by atoms with E-state index in [0.717, 1.165) is 5.75 Å². The fourth-order valence-electron chi connectivity index (χ4n) is 1.29. The molecule has 0 atom stereocenters. The Morgan fingerprint density at radius 1 is 1.47 bits per heavy atom. The lowest BCUT2D eigenvalue weighted by atomic mass is 10.2. The molecule has 1 aromatic rings. The molecule has 2 N–H and O–H groups in total. The molecular formula is C12H15ClN2O3S. The molecule has 0 unspecified atom stereocenters. The summed E-state index contributed by atoms with van der Waals surface area (Å²) >= 11 is 7.57. The molecule has 19 heavy (non-hydrogen) atoms. The van der Waals surface area contributed by atoms with Crippen molar-refractivity contribution < 1.29 is 14.7 Å². The molecule has 0 aliphatic heterocycles. The number of carbonyl (C=O) groups excluding carboxylic acids is 1. The highest BCUT2D eigenvalue weighted by molar-refractivity contribution is 7.98. The monoisotopic (exact) mass is 302 g/mol. The molecule has 5 nitrogen and oxygen atoms in total. The molecule has 0 radical (unpaired) electrons. The standard InChI is InChI=1S/C12H15ClN2O3S/c1-15(5-6-19-2)12(18)14-10-4-3-8(11(16)17)7-9(10)13/h3-4,7H,5-6H2,1-2H3,(H,14,18)(H,16,17). The average molecular weight is 303 g/mol. The van der Waals surface area contributed by atoms with Crippen LogP contribution in [0.4, 0.5) is 10.5 Å². The van der Waals surface area contributed by atoms with Gasteiger partial charge in [-0.15, -0.1) is 0 Å². The third kappa shape index (κ3) is 4.65. The molecule has 0 spiro atoms. The number of nitrogens with one attached hydrogen (secondary N) is 1. The van der Waals surface area contributed by atoms with Gasteiger partial charge in [-0.25, -0.2) is 9.59 Å². The molecule has 104 valence electrons. The van der Waals surface area contributed by atoms with Crippen molar-refractivity contribution in [3.8, 4) is 0 Å². The predicted octanol–water partition coefficient (Wildman–Crippen LogP) is 2.86. The molecule has 0 saturated carbocycles. The number of hydrogen-bond donors (Lipinski definition) is 2. The van der Waals surface area contributed by atoms with Crippen LogP contribution in [0.1, 0.15) is 10.4 Å². The number of carbonyl (C=O) groups is 2. The first-order chi connectivity index (χ1) is 8.95. The summed E-state index contributed by atoms with van der Waals surface area (Å²) in [6.07, 6.45) is 1.97. The van der Waals surface area contributed by atoms with E-state index >= 15 is 0 Å². The maximum atomic E-state index is 11.8. The predicted molar refractivity (Wildman–Crippen MR) is 78.4 cm³/mol. The zero-order valence-electron chi connectivity index (χ0n) is 10.6. The van der Waals surface area contributed by atoms with E-state index in [2.05, 4.69) is 5.32 Å². The van der Waals surface area contributed by atoms with Crippen LogP contribution in [0.3, 0.4) is 0 Å². The molecule has 0 fully saturated rings. The zero-order valence-corrected chi connectivity index (χ0v) is 12.2. The number of urea groups is 1. The number of nitrogens with zero attached hydrogens (tertiary/aromatic N) is 1. The van der Waals surface area contributed by atoms with Crippen LogP contribution >= 0.6 is 23.4 Å². The Balaban J connectivity index is 2.72. The third-order valence-corrected chi connectivity index (χ3v) is 3.34. The van der Waals surface area contributed by atoms with E-state index in [9.17, 15) is 9.59 Å². The van der Waals surface area contributed by atoms with Gasteiger partial charge in [0.1, 0.15) is 0 Å². The van der Waals surface area contributed by atoms with Gasteiger partial charge in [0.05, 0.1) is 16.3 Å². The van der Waals surface area contributed by atoms with Crippen molar-refractivity contribution in [2.24, 2.45) is 0 Å². The van der Waals surface area contributed by atoms with Crippen LogP contribution in [0, 0.1) is 0 Å². The second-order valence-electron chi connectivity index (χ2n) is 3.84. The highest BCUT2D eigenvalue weighted by atomic mass is 35.5. The number of aromatic carboxylic acids is 1. The van der Waals surface area contributed by atoms with Gasteiger partial charge in [0.25, 0.3) is 0 Å². The highest BCUT2D eigenvalue weighted by Crippen LogP contribution is 2.23. The summed E-state index contributed by atoms with van der Waals surface area (Å²) in [7, 11) is 1.69. The van der Waals surface area contributed by atoms with Gasteiger partial charge in [-0.2, -0.15) is 11.8 Å². The molecule has 0 heterocycles. The number of anilines is 1. The highest BCUT2D eigenvalue weighted by Gasteiger charge is 2.12. The third-order valence-electron chi connectivity index (χ3n) is 2.44. The molecule has 7 heteroatoms. The summed E-state index contributed by atoms with van der Waals surface area (Å²) in [5.41, 5.74) is 0.478. The Bertz CT molecular complexity index is 482. The van der Waals surface area contributed by atoms with Crippen molar-refractivity contribution in [1.82, 2.24) is 4.90 Å². The summed E-state index contributed by atoms with van der Waals surface area (Å²) < 4.78 is 0. The Labute approximate surface area is 120 Å². The van der Waals surface area contributed by atoms with E-state index in [4.69, 9.17) is 16.7 Å². The largest absolute Gasteiger partial charge is 0.478 e. The minimum Gasteiger partial charge on any atom is -0.478 e. The molecule has 1 aromatic carbocycles. The molecule has 1 rings (SSSR count). The molecule has 0 aliphatic carbocycles.